The predicted molar refractivity (Wildman–Crippen MR) is 63.8 cm³/mol. The summed E-state index contributed by atoms with van der Waals surface area (Å²) in [6, 6.07) is 0. The summed E-state index contributed by atoms with van der Waals surface area (Å²) in [6.07, 6.45) is 2.51. The van der Waals surface area contributed by atoms with Crippen molar-refractivity contribution in [1.82, 2.24) is 15.1 Å². The Balaban J connectivity index is 3.54. The van der Waals surface area contributed by atoms with Gasteiger partial charge >= 0.3 is 0 Å². The molecule has 0 spiro atoms. The molecule has 0 aromatic rings. The molecule has 0 rings (SSSR count). The highest BCUT2D eigenvalue weighted by atomic mass is 15.2. The molecule has 0 bridgehead atoms. The standard InChI is InChI=1S/C11H27N3/c1-5-8-14(9-6-7-12-2)11-10-13(3)4/h12H,5-11H2,1-4H3. The van der Waals surface area contributed by atoms with Gasteiger partial charge in [0.25, 0.3) is 0 Å². The van der Waals surface area contributed by atoms with E-state index < -0.39 is 0 Å². The first-order valence-corrected chi connectivity index (χ1v) is 5.72. The van der Waals surface area contributed by atoms with E-state index in [-0.39, 0.29) is 0 Å². The molecule has 0 aliphatic rings. The minimum absolute atomic E-state index is 1.13. The molecule has 0 radical (unpaired) electrons. The first kappa shape index (κ1) is 13.9. The van der Waals surface area contributed by atoms with E-state index in [1.807, 2.05) is 7.05 Å². The van der Waals surface area contributed by atoms with E-state index in [4.69, 9.17) is 0 Å². The molecular formula is C11H27N3. The van der Waals surface area contributed by atoms with Crippen molar-refractivity contribution in [3.63, 3.8) is 0 Å². The fourth-order valence-electron chi connectivity index (χ4n) is 1.47. The minimum Gasteiger partial charge on any atom is -0.320 e. The third-order valence-electron chi connectivity index (χ3n) is 2.30. The molecule has 0 unspecified atom stereocenters. The van der Waals surface area contributed by atoms with Crippen LogP contribution in [-0.2, 0) is 0 Å². The van der Waals surface area contributed by atoms with Gasteiger partial charge in [-0.2, -0.15) is 0 Å². The van der Waals surface area contributed by atoms with Gasteiger partial charge in [-0.05, 0) is 53.6 Å². The molecule has 3 nitrogen and oxygen atoms in total. The van der Waals surface area contributed by atoms with Crippen LogP contribution in [0.5, 0.6) is 0 Å². The maximum absolute atomic E-state index is 3.19. The van der Waals surface area contributed by atoms with Crippen molar-refractivity contribution < 1.29 is 0 Å². The maximum atomic E-state index is 3.19. The summed E-state index contributed by atoms with van der Waals surface area (Å²) in [4.78, 5) is 4.80. The molecule has 0 amide bonds. The van der Waals surface area contributed by atoms with Crippen LogP contribution in [-0.4, -0.2) is 63.7 Å². The van der Waals surface area contributed by atoms with Gasteiger partial charge in [-0.3, -0.25) is 0 Å². The quantitative estimate of drug-likeness (QED) is 0.559. The van der Waals surface area contributed by atoms with Crippen LogP contribution in [0.1, 0.15) is 19.8 Å². The molecule has 0 aliphatic heterocycles. The molecule has 0 aromatic heterocycles. The van der Waals surface area contributed by atoms with Crippen LogP contribution in [0.25, 0.3) is 0 Å². The number of rotatable bonds is 9. The molecule has 0 heterocycles. The topological polar surface area (TPSA) is 18.5 Å². The highest BCUT2D eigenvalue weighted by Gasteiger charge is 2.03. The molecule has 3 heteroatoms. The molecule has 0 saturated carbocycles. The van der Waals surface area contributed by atoms with Crippen molar-refractivity contribution in [3.05, 3.63) is 0 Å². The minimum atomic E-state index is 1.13. The van der Waals surface area contributed by atoms with Crippen molar-refractivity contribution in [2.45, 2.75) is 19.8 Å². The molecule has 14 heavy (non-hydrogen) atoms. The lowest BCUT2D eigenvalue weighted by Crippen LogP contribution is -2.34. The second-order valence-electron chi connectivity index (χ2n) is 4.10. The number of nitrogens with one attached hydrogen (secondary N) is 1. The molecule has 1 N–H and O–H groups in total. The van der Waals surface area contributed by atoms with Crippen molar-refractivity contribution >= 4 is 0 Å². The summed E-state index contributed by atoms with van der Waals surface area (Å²) in [7, 11) is 6.29. The fraction of sp³-hybridized carbons (Fsp3) is 1.00. The van der Waals surface area contributed by atoms with Crippen LogP contribution < -0.4 is 5.32 Å². The summed E-state index contributed by atoms with van der Waals surface area (Å²) >= 11 is 0. The van der Waals surface area contributed by atoms with Gasteiger partial charge in [0.05, 0.1) is 0 Å². The lowest BCUT2D eigenvalue weighted by molar-refractivity contribution is 0.238. The molecule has 0 fully saturated rings. The average molecular weight is 201 g/mol. The van der Waals surface area contributed by atoms with E-state index in [1.54, 1.807) is 0 Å². The monoisotopic (exact) mass is 201 g/mol. The highest BCUT2D eigenvalue weighted by Crippen LogP contribution is 1.94. The average Bonchev–Trinajstić information content (AvgIpc) is 2.14. The smallest absolute Gasteiger partial charge is 0.0109 e. The van der Waals surface area contributed by atoms with E-state index in [0.29, 0.717) is 0 Å². The van der Waals surface area contributed by atoms with Crippen LogP contribution in [0.3, 0.4) is 0 Å². The Hall–Kier alpha value is -0.120. The molecular weight excluding hydrogens is 174 g/mol. The Morgan fingerprint density at radius 2 is 1.71 bits per heavy atom. The molecule has 0 aromatic carbocycles. The SMILES string of the molecule is CCCN(CCCNC)CCN(C)C. The van der Waals surface area contributed by atoms with Crippen molar-refractivity contribution in [1.29, 1.82) is 0 Å². The summed E-state index contributed by atoms with van der Waals surface area (Å²) in [5.74, 6) is 0. The lowest BCUT2D eigenvalue weighted by atomic mass is 10.3. The zero-order chi connectivity index (χ0) is 10.8. The summed E-state index contributed by atoms with van der Waals surface area (Å²) in [5, 5.41) is 3.19. The first-order chi connectivity index (χ1) is 6.70. The normalized spacial score (nSPS) is 11.6. The Labute approximate surface area is 89.5 Å². The van der Waals surface area contributed by atoms with E-state index in [1.165, 1.54) is 39.0 Å². The number of likely N-dealkylation sites (N-methyl/N-ethyl adjacent to an activating group) is 1. The highest BCUT2D eigenvalue weighted by molar-refractivity contribution is 4.59. The Morgan fingerprint density at radius 3 is 2.21 bits per heavy atom. The van der Waals surface area contributed by atoms with E-state index in [0.717, 1.165) is 6.54 Å². The zero-order valence-corrected chi connectivity index (χ0v) is 10.3. The molecule has 86 valence electrons. The van der Waals surface area contributed by atoms with Gasteiger partial charge in [0.2, 0.25) is 0 Å². The van der Waals surface area contributed by atoms with Gasteiger partial charge in [0, 0.05) is 13.1 Å². The number of hydrogen-bond donors (Lipinski definition) is 1. The summed E-state index contributed by atoms with van der Waals surface area (Å²) in [6.45, 7) is 8.20. The van der Waals surface area contributed by atoms with Gasteiger partial charge in [0.1, 0.15) is 0 Å². The Bertz CT molecular complexity index is 115. The third-order valence-corrected chi connectivity index (χ3v) is 2.30. The Kier molecular flexibility index (Phi) is 9.35. The van der Waals surface area contributed by atoms with Gasteiger partial charge in [-0.25, -0.2) is 0 Å². The second-order valence-corrected chi connectivity index (χ2v) is 4.10. The van der Waals surface area contributed by atoms with Crippen molar-refractivity contribution in [2.24, 2.45) is 0 Å². The van der Waals surface area contributed by atoms with E-state index >= 15 is 0 Å². The van der Waals surface area contributed by atoms with E-state index in [2.05, 4.69) is 36.1 Å². The second kappa shape index (κ2) is 9.44. The summed E-state index contributed by atoms with van der Waals surface area (Å²) < 4.78 is 0. The van der Waals surface area contributed by atoms with Gasteiger partial charge in [-0.1, -0.05) is 6.92 Å². The zero-order valence-electron chi connectivity index (χ0n) is 10.3. The van der Waals surface area contributed by atoms with Crippen LogP contribution in [0, 0.1) is 0 Å². The number of hydrogen-bond acceptors (Lipinski definition) is 3. The van der Waals surface area contributed by atoms with Crippen LogP contribution in [0.15, 0.2) is 0 Å². The third kappa shape index (κ3) is 8.48. The summed E-state index contributed by atoms with van der Waals surface area (Å²) in [5.41, 5.74) is 0. The largest absolute Gasteiger partial charge is 0.320 e. The molecule has 0 aliphatic carbocycles. The van der Waals surface area contributed by atoms with Gasteiger partial charge in [0.15, 0.2) is 0 Å². The van der Waals surface area contributed by atoms with Gasteiger partial charge in [-0.15, -0.1) is 0 Å². The lowest BCUT2D eigenvalue weighted by Gasteiger charge is -2.23. The molecule has 0 saturated heterocycles. The van der Waals surface area contributed by atoms with Crippen molar-refractivity contribution in [3.8, 4) is 0 Å². The molecule has 0 atom stereocenters. The Morgan fingerprint density at radius 1 is 1.00 bits per heavy atom. The van der Waals surface area contributed by atoms with Crippen LogP contribution in [0.2, 0.25) is 0 Å². The fourth-order valence-corrected chi connectivity index (χ4v) is 1.47. The first-order valence-electron chi connectivity index (χ1n) is 5.72. The maximum Gasteiger partial charge on any atom is 0.0109 e. The van der Waals surface area contributed by atoms with Gasteiger partial charge < -0.3 is 15.1 Å². The predicted octanol–water partition coefficient (Wildman–Crippen LogP) is 0.870. The van der Waals surface area contributed by atoms with Crippen LogP contribution >= 0.6 is 0 Å². The van der Waals surface area contributed by atoms with Crippen molar-refractivity contribution in [2.75, 3.05) is 53.9 Å². The van der Waals surface area contributed by atoms with E-state index in [9.17, 15) is 0 Å². The number of nitrogens with zero attached hydrogens (tertiary/aromatic N) is 2. The van der Waals surface area contributed by atoms with Crippen LogP contribution in [0.4, 0.5) is 0 Å².